The maximum atomic E-state index is 12.6. The van der Waals surface area contributed by atoms with Crippen LogP contribution in [-0.2, 0) is 11.2 Å². The van der Waals surface area contributed by atoms with E-state index in [2.05, 4.69) is 27.8 Å². The summed E-state index contributed by atoms with van der Waals surface area (Å²) in [6, 6.07) is 18.8. The van der Waals surface area contributed by atoms with Crippen LogP contribution in [0.4, 0.5) is 0 Å². The number of nitrogens with one attached hydrogen (secondary N) is 2. The van der Waals surface area contributed by atoms with E-state index in [0.29, 0.717) is 12.1 Å². The SMILES string of the molecule is CC(NC(=O)c1ccc2nc(-n3cccc3)sc2c1)C(=O)NCCCc1ccccc1. The Morgan fingerprint density at radius 2 is 1.84 bits per heavy atom. The standard InChI is InChI=1S/C24H24N4O2S/c1-17(22(29)25-13-7-10-18-8-3-2-4-9-18)26-23(30)19-11-12-20-21(16-19)31-24(27-20)28-14-5-6-15-28/h2-6,8-9,11-12,14-17H,7,10,13H2,1H3,(H,25,29)(H,26,30). The molecule has 158 valence electrons. The number of carbonyl (C=O) groups is 2. The van der Waals surface area contributed by atoms with Gasteiger partial charge in [0.15, 0.2) is 5.13 Å². The Kier molecular flexibility index (Phi) is 6.43. The van der Waals surface area contributed by atoms with Gasteiger partial charge in [0, 0.05) is 24.5 Å². The molecule has 0 aliphatic carbocycles. The van der Waals surface area contributed by atoms with Crippen LogP contribution in [0.1, 0.15) is 29.3 Å². The highest BCUT2D eigenvalue weighted by atomic mass is 32.1. The largest absolute Gasteiger partial charge is 0.354 e. The minimum atomic E-state index is -0.614. The van der Waals surface area contributed by atoms with Crippen molar-refractivity contribution < 1.29 is 9.59 Å². The van der Waals surface area contributed by atoms with Crippen LogP contribution in [0, 0.1) is 0 Å². The van der Waals surface area contributed by atoms with Crippen molar-refractivity contribution in [2.24, 2.45) is 0 Å². The predicted octanol–water partition coefficient (Wildman–Crippen LogP) is 3.95. The Morgan fingerprint density at radius 3 is 2.61 bits per heavy atom. The molecule has 4 rings (SSSR count). The van der Waals surface area contributed by atoms with E-state index in [1.807, 2.05) is 59.4 Å². The Hall–Kier alpha value is -3.45. The monoisotopic (exact) mass is 432 g/mol. The molecular weight excluding hydrogens is 408 g/mol. The lowest BCUT2D eigenvalue weighted by molar-refractivity contribution is -0.122. The van der Waals surface area contributed by atoms with E-state index in [0.717, 1.165) is 28.2 Å². The number of rotatable bonds is 8. The predicted molar refractivity (Wildman–Crippen MR) is 124 cm³/mol. The molecule has 0 radical (unpaired) electrons. The third-order valence-electron chi connectivity index (χ3n) is 4.99. The molecule has 0 aliphatic rings. The quantitative estimate of drug-likeness (QED) is 0.414. The van der Waals surface area contributed by atoms with Crippen LogP contribution >= 0.6 is 11.3 Å². The third-order valence-corrected chi connectivity index (χ3v) is 6.02. The average Bonchev–Trinajstić information content (AvgIpc) is 3.46. The highest BCUT2D eigenvalue weighted by Gasteiger charge is 2.17. The Labute approximate surface area is 184 Å². The maximum absolute atomic E-state index is 12.6. The molecule has 6 nitrogen and oxygen atoms in total. The highest BCUT2D eigenvalue weighted by molar-refractivity contribution is 7.20. The summed E-state index contributed by atoms with van der Waals surface area (Å²) < 4.78 is 2.86. The summed E-state index contributed by atoms with van der Waals surface area (Å²) in [7, 11) is 0. The first-order valence-corrected chi connectivity index (χ1v) is 11.1. The van der Waals surface area contributed by atoms with Gasteiger partial charge < -0.3 is 15.2 Å². The number of nitrogens with zero attached hydrogens (tertiary/aromatic N) is 2. The van der Waals surface area contributed by atoms with E-state index in [9.17, 15) is 9.59 Å². The smallest absolute Gasteiger partial charge is 0.251 e. The molecule has 0 spiro atoms. The number of hydrogen-bond acceptors (Lipinski definition) is 4. The molecule has 2 aromatic carbocycles. The summed E-state index contributed by atoms with van der Waals surface area (Å²) in [6.45, 7) is 2.27. The maximum Gasteiger partial charge on any atom is 0.251 e. The number of hydrogen-bond donors (Lipinski definition) is 2. The molecule has 7 heteroatoms. The fraction of sp³-hybridized carbons (Fsp3) is 0.208. The van der Waals surface area contributed by atoms with Gasteiger partial charge in [-0.1, -0.05) is 41.7 Å². The van der Waals surface area contributed by atoms with Crippen molar-refractivity contribution in [2.75, 3.05) is 6.54 Å². The first-order chi connectivity index (χ1) is 15.1. The van der Waals surface area contributed by atoms with Gasteiger partial charge in [-0.2, -0.15) is 0 Å². The second kappa shape index (κ2) is 9.57. The molecule has 0 bridgehead atoms. The van der Waals surface area contributed by atoms with Crippen molar-refractivity contribution in [1.29, 1.82) is 0 Å². The lowest BCUT2D eigenvalue weighted by atomic mass is 10.1. The van der Waals surface area contributed by atoms with Crippen molar-refractivity contribution >= 4 is 33.4 Å². The minimum Gasteiger partial charge on any atom is -0.354 e. The number of thiazole rings is 1. The van der Waals surface area contributed by atoms with Crippen molar-refractivity contribution in [1.82, 2.24) is 20.2 Å². The summed E-state index contributed by atoms with van der Waals surface area (Å²) in [4.78, 5) is 29.6. The van der Waals surface area contributed by atoms with Gasteiger partial charge in [-0.05, 0) is 55.7 Å². The topological polar surface area (TPSA) is 76.0 Å². The molecule has 31 heavy (non-hydrogen) atoms. The number of amides is 2. The van der Waals surface area contributed by atoms with E-state index in [4.69, 9.17) is 0 Å². The number of aryl methyl sites for hydroxylation is 1. The molecule has 0 fully saturated rings. The first-order valence-electron chi connectivity index (χ1n) is 10.3. The van der Waals surface area contributed by atoms with Gasteiger partial charge in [0.05, 0.1) is 10.2 Å². The summed E-state index contributed by atoms with van der Waals surface area (Å²) in [5.41, 5.74) is 2.60. The minimum absolute atomic E-state index is 0.185. The fourth-order valence-electron chi connectivity index (χ4n) is 3.27. The van der Waals surface area contributed by atoms with E-state index in [1.54, 1.807) is 13.0 Å². The van der Waals surface area contributed by atoms with Crippen molar-refractivity contribution in [3.05, 3.63) is 84.2 Å². The molecule has 0 saturated heterocycles. The lowest BCUT2D eigenvalue weighted by Gasteiger charge is -2.14. The van der Waals surface area contributed by atoms with E-state index >= 15 is 0 Å². The summed E-state index contributed by atoms with van der Waals surface area (Å²) in [6.07, 6.45) is 5.63. The van der Waals surface area contributed by atoms with Gasteiger partial charge in [0.1, 0.15) is 6.04 Å². The zero-order valence-electron chi connectivity index (χ0n) is 17.2. The van der Waals surface area contributed by atoms with Gasteiger partial charge in [0.25, 0.3) is 5.91 Å². The van der Waals surface area contributed by atoms with Crippen LogP contribution < -0.4 is 10.6 Å². The number of aromatic nitrogens is 2. The van der Waals surface area contributed by atoms with Crippen molar-refractivity contribution in [3.63, 3.8) is 0 Å². The Balaban J connectivity index is 1.30. The summed E-state index contributed by atoms with van der Waals surface area (Å²) in [5.74, 6) is -0.458. The van der Waals surface area contributed by atoms with Gasteiger partial charge in [-0.15, -0.1) is 0 Å². The van der Waals surface area contributed by atoms with Crippen molar-refractivity contribution in [3.8, 4) is 5.13 Å². The molecular formula is C24H24N4O2S. The van der Waals surface area contributed by atoms with Gasteiger partial charge in [-0.25, -0.2) is 4.98 Å². The van der Waals surface area contributed by atoms with Crippen LogP contribution in [-0.4, -0.2) is 34.0 Å². The fourth-order valence-corrected chi connectivity index (χ4v) is 4.25. The average molecular weight is 433 g/mol. The lowest BCUT2D eigenvalue weighted by Crippen LogP contribution is -2.45. The molecule has 2 aromatic heterocycles. The number of carbonyl (C=O) groups excluding carboxylic acids is 2. The highest BCUT2D eigenvalue weighted by Crippen LogP contribution is 2.26. The van der Waals surface area contributed by atoms with Crippen LogP contribution in [0.15, 0.2) is 73.1 Å². The Bertz CT molecular complexity index is 1170. The molecule has 0 aliphatic heterocycles. The van der Waals surface area contributed by atoms with Crippen LogP contribution in [0.3, 0.4) is 0 Å². The van der Waals surface area contributed by atoms with Crippen LogP contribution in [0.2, 0.25) is 0 Å². The summed E-state index contributed by atoms with van der Waals surface area (Å²) in [5, 5.41) is 6.52. The van der Waals surface area contributed by atoms with Crippen molar-refractivity contribution in [2.45, 2.75) is 25.8 Å². The molecule has 1 atom stereocenters. The molecule has 1 unspecified atom stereocenters. The molecule has 4 aromatic rings. The van der Waals surface area contributed by atoms with Gasteiger partial charge in [0.2, 0.25) is 5.91 Å². The van der Waals surface area contributed by atoms with E-state index in [1.165, 1.54) is 16.9 Å². The van der Waals surface area contributed by atoms with Crippen LogP contribution in [0.5, 0.6) is 0 Å². The molecule has 2 heterocycles. The third kappa shape index (κ3) is 5.19. The zero-order chi connectivity index (χ0) is 21.6. The number of fused-ring (bicyclic) bond motifs is 1. The first kappa shape index (κ1) is 20.8. The van der Waals surface area contributed by atoms with E-state index < -0.39 is 6.04 Å². The van der Waals surface area contributed by atoms with Gasteiger partial charge in [-0.3, -0.25) is 9.59 Å². The Morgan fingerprint density at radius 1 is 1.06 bits per heavy atom. The van der Waals surface area contributed by atoms with Gasteiger partial charge >= 0.3 is 0 Å². The van der Waals surface area contributed by atoms with E-state index in [-0.39, 0.29) is 11.8 Å². The second-order valence-corrected chi connectivity index (χ2v) is 8.35. The molecule has 0 saturated carbocycles. The zero-order valence-corrected chi connectivity index (χ0v) is 18.1. The molecule has 2 amide bonds. The second-order valence-electron chi connectivity index (χ2n) is 7.34. The summed E-state index contributed by atoms with van der Waals surface area (Å²) >= 11 is 1.52. The normalized spacial score (nSPS) is 11.9. The number of benzene rings is 2. The van der Waals surface area contributed by atoms with Crippen LogP contribution in [0.25, 0.3) is 15.3 Å². The molecule has 2 N–H and O–H groups in total.